The van der Waals surface area contributed by atoms with Crippen LogP contribution >= 0.6 is 0 Å². The van der Waals surface area contributed by atoms with Gasteiger partial charge in [0, 0.05) is 18.2 Å². The minimum Gasteiger partial charge on any atom is -0.453 e. The quantitative estimate of drug-likeness (QED) is 0.720. The van der Waals surface area contributed by atoms with Crippen LogP contribution in [0, 0.1) is 36.8 Å². The maximum absolute atomic E-state index is 13.6. The van der Waals surface area contributed by atoms with E-state index in [1.165, 1.54) is 6.92 Å². The number of nitrogens with one attached hydrogen (secondary N) is 2. The van der Waals surface area contributed by atoms with Crippen LogP contribution in [-0.4, -0.2) is 23.0 Å². The zero-order valence-corrected chi connectivity index (χ0v) is 16.1. The van der Waals surface area contributed by atoms with Crippen molar-refractivity contribution in [1.29, 1.82) is 5.26 Å². The number of halogens is 2. The first kappa shape index (κ1) is 21.8. The number of aromatic nitrogens is 1. The van der Waals surface area contributed by atoms with Gasteiger partial charge in [-0.15, -0.1) is 0 Å². The van der Waals surface area contributed by atoms with E-state index in [-0.39, 0.29) is 24.1 Å². The summed E-state index contributed by atoms with van der Waals surface area (Å²) in [4.78, 5) is 38.4. The van der Waals surface area contributed by atoms with Crippen LogP contribution in [0.3, 0.4) is 0 Å². The third-order valence-electron chi connectivity index (χ3n) is 4.37. The fourth-order valence-corrected chi connectivity index (χ4v) is 2.78. The van der Waals surface area contributed by atoms with Gasteiger partial charge in [-0.05, 0) is 50.5 Å². The lowest BCUT2D eigenvalue weighted by atomic mass is 9.99. The van der Waals surface area contributed by atoms with E-state index < -0.39 is 35.2 Å². The van der Waals surface area contributed by atoms with Gasteiger partial charge in [-0.3, -0.25) is 14.4 Å². The van der Waals surface area contributed by atoms with Gasteiger partial charge in [-0.25, -0.2) is 8.78 Å². The number of aromatic amines is 1. The fraction of sp³-hybridized carbons (Fsp3) is 0.300. The van der Waals surface area contributed by atoms with Crippen molar-refractivity contribution in [2.75, 3.05) is 5.32 Å². The monoisotopic (exact) mass is 403 g/mol. The zero-order valence-electron chi connectivity index (χ0n) is 16.1. The van der Waals surface area contributed by atoms with Crippen LogP contribution in [0.5, 0.6) is 0 Å². The average molecular weight is 403 g/mol. The van der Waals surface area contributed by atoms with Gasteiger partial charge in [0.15, 0.2) is 6.10 Å². The zero-order chi connectivity index (χ0) is 21.7. The molecule has 1 aromatic carbocycles. The number of hydrogen-bond acceptors (Lipinski definition) is 5. The number of nitrogens with zero attached hydrogens (tertiary/aromatic N) is 1. The van der Waals surface area contributed by atoms with E-state index in [1.807, 2.05) is 6.07 Å². The molecule has 0 spiro atoms. The Morgan fingerprint density at radius 3 is 2.62 bits per heavy atom. The highest BCUT2D eigenvalue weighted by molar-refractivity contribution is 5.95. The van der Waals surface area contributed by atoms with Crippen LogP contribution in [0.2, 0.25) is 0 Å². The number of carbonyl (C=O) groups excluding carboxylic acids is 2. The first-order chi connectivity index (χ1) is 13.6. The number of pyridine rings is 1. The molecular weight excluding hydrogens is 384 g/mol. The third-order valence-corrected chi connectivity index (χ3v) is 4.37. The minimum atomic E-state index is -1.21. The molecule has 1 amide bonds. The maximum Gasteiger partial charge on any atom is 0.306 e. The van der Waals surface area contributed by atoms with Gasteiger partial charge in [-0.1, -0.05) is 0 Å². The lowest BCUT2D eigenvalue weighted by Gasteiger charge is -2.15. The van der Waals surface area contributed by atoms with Crippen molar-refractivity contribution in [3.8, 4) is 6.07 Å². The van der Waals surface area contributed by atoms with Crippen LogP contribution in [0.1, 0.15) is 35.7 Å². The Bertz CT molecular complexity index is 1060. The molecule has 1 heterocycles. The summed E-state index contributed by atoms with van der Waals surface area (Å²) in [5, 5.41) is 11.3. The summed E-state index contributed by atoms with van der Waals surface area (Å²) in [7, 11) is 0. The lowest BCUT2D eigenvalue weighted by Crippen LogP contribution is -2.30. The number of H-pyrrole nitrogens is 1. The Labute approximate surface area is 165 Å². The molecule has 1 atom stereocenters. The third kappa shape index (κ3) is 5.25. The number of nitriles is 1. The number of carbonyl (C=O) groups is 2. The van der Waals surface area contributed by atoms with Gasteiger partial charge >= 0.3 is 5.97 Å². The Balaban J connectivity index is 1.98. The number of rotatable bonds is 6. The molecule has 2 aromatic rings. The fourth-order valence-electron chi connectivity index (χ4n) is 2.78. The summed E-state index contributed by atoms with van der Waals surface area (Å²) in [6.45, 7) is 4.59. The molecule has 2 rings (SSSR count). The standard InChI is InChI=1S/C20H19F2N3O4/c1-10-14(11(2)24-20(28)15(10)9-23)5-7-18(26)29-12(3)19(27)25-17-6-4-13(21)8-16(17)22/h4,6,8,12H,5,7H2,1-3H3,(H,24,28)(H,25,27)/t12-/m0/s1. The number of aryl methyl sites for hydroxylation is 1. The van der Waals surface area contributed by atoms with Crippen LogP contribution in [0.25, 0.3) is 0 Å². The van der Waals surface area contributed by atoms with Gasteiger partial charge in [0.05, 0.1) is 5.69 Å². The summed E-state index contributed by atoms with van der Waals surface area (Å²) >= 11 is 0. The van der Waals surface area contributed by atoms with E-state index in [9.17, 15) is 23.2 Å². The Hall–Kier alpha value is -3.54. The molecule has 0 aliphatic rings. The smallest absolute Gasteiger partial charge is 0.306 e. The van der Waals surface area contributed by atoms with Crippen LogP contribution < -0.4 is 10.9 Å². The summed E-state index contributed by atoms with van der Waals surface area (Å²) in [5.41, 5.74) is 0.919. The molecule has 0 bridgehead atoms. The van der Waals surface area contributed by atoms with Crippen molar-refractivity contribution in [1.82, 2.24) is 4.98 Å². The molecule has 0 unspecified atom stereocenters. The van der Waals surface area contributed by atoms with Crippen LogP contribution in [-0.2, 0) is 20.7 Å². The van der Waals surface area contributed by atoms with Crippen molar-refractivity contribution in [2.24, 2.45) is 0 Å². The van der Waals surface area contributed by atoms with Gasteiger partial charge < -0.3 is 15.0 Å². The molecule has 29 heavy (non-hydrogen) atoms. The van der Waals surface area contributed by atoms with Crippen molar-refractivity contribution in [3.05, 3.63) is 62.6 Å². The second-order valence-electron chi connectivity index (χ2n) is 6.41. The molecule has 1 aromatic heterocycles. The number of ether oxygens (including phenoxy) is 1. The van der Waals surface area contributed by atoms with E-state index in [4.69, 9.17) is 10.00 Å². The Kier molecular flexibility index (Phi) is 6.83. The second-order valence-corrected chi connectivity index (χ2v) is 6.41. The topological polar surface area (TPSA) is 112 Å². The highest BCUT2D eigenvalue weighted by atomic mass is 19.1. The van der Waals surface area contributed by atoms with E-state index in [1.54, 1.807) is 13.8 Å². The number of amides is 1. The van der Waals surface area contributed by atoms with Gasteiger partial charge in [0.25, 0.3) is 11.5 Å². The maximum atomic E-state index is 13.6. The minimum absolute atomic E-state index is 0.0203. The summed E-state index contributed by atoms with van der Waals surface area (Å²) in [5.74, 6) is -3.19. The molecule has 0 fully saturated rings. The second kappa shape index (κ2) is 9.10. The SMILES string of the molecule is Cc1[nH]c(=O)c(C#N)c(C)c1CCC(=O)O[C@@H](C)C(=O)Nc1ccc(F)cc1F. The Morgan fingerprint density at radius 1 is 1.31 bits per heavy atom. The predicted molar refractivity (Wildman–Crippen MR) is 100 cm³/mol. The van der Waals surface area contributed by atoms with Crippen molar-refractivity contribution in [2.45, 2.75) is 39.7 Å². The van der Waals surface area contributed by atoms with E-state index in [0.717, 1.165) is 12.1 Å². The molecule has 0 radical (unpaired) electrons. The van der Waals surface area contributed by atoms with Crippen molar-refractivity contribution in [3.63, 3.8) is 0 Å². The van der Waals surface area contributed by atoms with Crippen molar-refractivity contribution < 1.29 is 23.1 Å². The molecule has 0 aliphatic carbocycles. The van der Waals surface area contributed by atoms with Gasteiger partial charge in [0.2, 0.25) is 0 Å². The molecule has 0 aliphatic heterocycles. The number of benzene rings is 1. The van der Waals surface area contributed by atoms with E-state index >= 15 is 0 Å². The molecule has 152 valence electrons. The Morgan fingerprint density at radius 2 is 2.00 bits per heavy atom. The van der Waals surface area contributed by atoms with Crippen LogP contribution in [0.15, 0.2) is 23.0 Å². The van der Waals surface area contributed by atoms with Crippen molar-refractivity contribution >= 4 is 17.6 Å². The number of hydrogen-bond donors (Lipinski definition) is 2. The van der Waals surface area contributed by atoms with E-state index in [0.29, 0.717) is 22.9 Å². The first-order valence-corrected chi connectivity index (χ1v) is 8.71. The average Bonchev–Trinajstić information content (AvgIpc) is 2.63. The highest BCUT2D eigenvalue weighted by Crippen LogP contribution is 2.17. The van der Waals surface area contributed by atoms with E-state index in [2.05, 4.69) is 10.3 Å². The predicted octanol–water partition coefficient (Wildman–Crippen LogP) is 2.64. The number of esters is 1. The first-order valence-electron chi connectivity index (χ1n) is 8.71. The number of anilines is 1. The normalized spacial score (nSPS) is 11.4. The van der Waals surface area contributed by atoms with Gasteiger partial charge in [0.1, 0.15) is 23.3 Å². The molecule has 9 heteroatoms. The molecule has 2 N–H and O–H groups in total. The molecule has 7 nitrogen and oxygen atoms in total. The molecule has 0 saturated carbocycles. The molecular formula is C20H19F2N3O4. The summed E-state index contributed by atoms with van der Waals surface area (Å²) < 4.78 is 31.6. The van der Waals surface area contributed by atoms with Gasteiger partial charge in [-0.2, -0.15) is 5.26 Å². The highest BCUT2D eigenvalue weighted by Gasteiger charge is 2.20. The lowest BCUT2D eigenvalue weighted by molar-refractivity contribution is -0.153. The largest absolute Gasteiger partial charge is 0.453 e. The summed E-state index contributed by atoms with van der Waals surface area (Å²) in [6, 6.07) is 4.50. The summed E-state index contributed by atoms with van der Waals surface area (Å²) in [6.07, 6.45) is -1.11. The van der Waals surface area contributed by atoms with Crippen LogP contribution in [0.4, 0.5) is 14.5 Å². The molecule has 0 saturated heterocycles.